The molecule has 2 fully saturated rings. The largest absolute Gasteiger partial charge is 0.462 e. The van der Waals surface area contributed by atoms with Crippen molar-refractivity contribution in [3.8, 4) is 0 Å². The van der Waals surface area contributed by atoms with Gasteiger partial charge in [-0.25, -0.2) is 0 Å². The molecule has 0 aromatic rings. The van der Waals surface area contributed by atoms with Gasteiger partial charge < -0.3 is 14.9 Å². The Morgan fingerprint density at radius 3 is 2.70 bits per heavy atom. The van der Waals surface area contributed by atoms with Gasteiger partial charge in [-0.1, -0.05) is 25.5 Å². The lowest BCUT2D eigenvalue weighted by molar-refractivity contribution is -0.160. The van der Waals surface area contributed by atoms with Gasteiger partial charge in [-0.2, -0.15) is 0 Å². The van der Waals surface area contributed by atoms with E-state index in [0.717, 1.165) is 19.3 Å². The number of rotatable bonds is 3. The minimum Gasteiger partial charge on any atom is -0.462 e. The summed E-state index contributed by atoms with van der Waals surface area (Å²) in [5, 5.41) is 20.1. The normalized spacial score (nSPS) is 44.3. The van der Waals surface area contributed by atoms with E-state index in [-0.39, 0.29) is 30.5 Å². The number of hydrogen-bond acceptors (Lipinski definition) is 4. The number of fused-ring (bicyclic) bond motifs is 1. The van der Waals surface area contributed by atoms with E-state index in [1.54, 1.807) is 0 Å². The predicted octanol–water partition coefficient (Wildman–Crippen LogP) is 2.82. The molecule has 7 atom stereocenters. The average molecular weight is 322 g/mol. The summed E-state index contributed by atoms with van der Waals surface area (Å²) in [5.41, 5.74) is 1.44. The zero-order valence-electron chi connectivity index (χ0n) is 14.3. The van der Waals surface area contributed by atoms with Gasteiger partial charge in [0.25, 0.3) is 0 Å². The van der Waals surface area contributed by atoms with E-state index in [0.29, 0.717) is 24.2 Å². The van der Waals surface area contributed by atoms with Crippen molar-refractivity contribution in [2.24, 2.45) is 23.7 Å². The van der Waals surface area contributed by atoms with E-state index in [1.165, 1.54) is 18.4 Å². The number of cyclic esters (lactones) is 1. The summed E-state index contributed by atoms with van der Waals surface area (Å²) in [6.07, 6.45) is 7.06. The van der Waals surface area contributed by atoms with Crippen LogP contribution in [0.2, 0.25) is 0 Å². The van der Waals surface area contributed by atoms with Gasteiger partial charge in [-0.05, 0) is 55.8 Å². The van der Waals surface area contributed by atoms with E-state index in [9.17, 15) is 15.0 Å². The lowest BCUT2D eigenvalue weighted by atomic mass is 9.63. The topological polar surface area (TPSA) is 66.8 Å². The van der Waals surface area contributed by atoms with Crippen LogP contribution in [0.4, 0.5) is 0 Å². The fourth-order valence-corrected chi connectivity index (χ4v) is 4.86. The second kappa shape index (κ2) is 6.94. The lowest BCUT2D eigenvalue weighted by Gasteiger charge is -2.44. The van der Waals surface area contributed by atoms with Crippen molar-refractivity contribution >= 4 is 5.97 Å². The highest BCUT2D eigenvalue weighted by Gasteiger charge is 2.39. The quantitative estimate of drug-likeness (QED) is 0.619. The summed E-state index contributed by atoms with van der Waals surface area (Å²) in [6.45, 7) is 4.43. The molecule has 1 heterocycles. The molecular weight excluding hydrogens is 292 g/mol. The van der Waals surface area contributed by atoms with Gasteiger partial charge in [0.2, 0.25) is 0 Å². The Kier molecular flexibility index (Phi) is 5.12. The molecule has 0 aromatic carbocycles. The number of esters is 1. The molecule has 1 saturated heterocycles. The lowest BCUT2D eigenvalue weighted by Crippen LogP contribution is -2.39. The maximum absolute atomic E-state index is 11.5. The van der Waals surface area contributed by atoms with Crippen molar-refractivity contribution < 1.29 is 19.7 Å². The third kappa shape index (κ3) is 3.80. The molecule has 2 N–H and O–H groups in total. The number of carbonyl (C=O) groups is 1. The van der Waals surface area contributed by atoms with Gasteiger partial charge in [0.1, 0.15) is 6.10 Å². The fourth-order valence-electron chi connectivity index (χ4n) is 4.86. The summed E-state index contributed by atoms with van der Waals surface area (Å²) in [4.78, 5) is 11.5. The summed E-state index contributed by atoms with van der Waals surface area (Å²) >= 11 is 0. The van der Waals surface area contributed by atoms with Crippen LogP contribution < -0.4 is 0 Å². The molecule has 0 spiro atoms. The van der Waals surface area contributed by atoms with Crippen LogP contribution >= 0.6 is 0 Å². The molecule has 4 nitrogen and oxygen atoms in total. The van der Waals surface area contributed by atoms with E-state index in [4.69, 9.17) is 4.74 Å². The van der Waals surface area contributed by atoms with E-state index in [2.05, 4.69) is 19.9 Å². The second-order valence-corrected chi connectivity index (χ2v) is 8.03. The minimum atomic E-state index is -0.554. The second-order valence-electron chi connectivity index (χ2n) is 8.03. The highest BCUT2D eigenvalue weighted by Crippen LogP contribution is 2.46. The van der Waals surface area contributed by atoms with Crippen LogP contribution in [-0.2, 0) is 9.53 Å². The van der Waals surface area contributed by atoms with Crippen LogP contribution in [0.3, 0.4) is 0 Å². The van der Waals surface area contributed by atoms with Crippen molar-refractivity contribution in [2.45, 2.75) is 77.1 Å². The molecule has 0 bridgehead atoms. The van der Waals surface area contributed by atoms with Crippen molar-refractivity contribution in [1.29, 1.82) is 0 Å². The molecule has 1 aliphatic heterocycles. The van der Waals surface area contributed by atoms with Crippen LogP contribution in [0.25, 0.3) is 0 Å². The molecule has 23 heavy (non-hydrogen) atoms. The minimum absolute atomic E-state index is 0.127. The first kappa shape index (κ1) is 17.0. The highest BCUT2D eigenvalue weighted by molar-refractivity contribution is 5.70. The number of ether oxygens (including phenoxy) is 1. The molecule has 7 unspecified atom stereocenters. The third-order valence-electron chi connectivity index (χ3n) is 6.20. The molecule has 3 aliphatic rings. The van der Waals surface area contributed by atoms with Crippen LogP contribution in [0.15, 0.2) is 11.6 Å². The first-order valence-corrected chi connectivity index (χ1v) is 9.20. The third-order valence-corrected chi connectivity index (χ3v) is 6.20. The molecule has 0 aromatic heterocycles. The summed E-state index contributed by atoms with van der Waals surface area (Å²) in [5.74, 6) is 1.72. The van der Waals surface area contributed by atoms with E-state index >= 15 is 0 Å². The van der Waals surface area contributed by atoms with Gasteiger partial charge in [0.05, 0.1) is 18.6 Å². The van der Waals surface area contributed by atoms with Gasteiger partial charge in [-0.15, -0.1) is 0 Å². The molecule has 1 saturated carbocycles. The highest BCUT2D eigenvalue weighted by atomic mass is 16.5. The number of carbonyl (C=O) groups excluding carboxylic acids is 1. The van der Waals surface area contributed by atoms with Gasteiger partial charge in [0.15, 0.2) is 0 Å². The van der Waals surface area contributed by atoms with Gasteiger partial charge in [-0.3, -0.25) is 4.79 Å². The Hall–Kier alpha value is -0.870. The smallest absolute Gasteiger partial charge is 0.308 e. The standard InChI is InChI=1S/C19H30O4/c1-11-3-5-17-13(7-11)8-18(21)12(2)16(17)6-4-15-9-14(20)10-19(22)23-15/h8,11-12,14-18,20-21H,3-7,9-10H2,1-2H3. The predicted molar refractivity (Wildman–Crippen MR) is 87.6 cm³/mol. The Labute approximate surface area is 138 Å². The van der Waals surface area contributed by atoms with Crippen LogP contribution in [0.5, 0.6) is 0 Å². The number of aliphatic hydroxyl groups is 2. The zero-order valence-corrected chi connectivity index (χ0v) is 14.3. The Balaban J connectivity index is 1.64. The van der Waals surface area contributed by atoms with Crippen LogP contribution in [-0.4, -0.2) is 34.5 Å². The maximum atomic E-state index is 11.5. The van der Waals surface area contributed by atoms with Crippen molar-refractivity contribution in [2.75, 3.05) is 0 Å². The summed E-state index contributed by atoms with van der Waals surface area (Å²) in [6, 6.07) is 0. The first-order valence-electron chi connectivity index (χ1n) is 9.20. The summed E-state index contributed by atoms with van der Waals surface area (Å²) in [7, 11) is 0. The molecule has 4 heteroatoms. The molecule has 3 rings (SSSR count). The van der Waals surface area contributed by atoms with Crippen molar-refractivity contribution in [3.05, 3.63) is 11.6 Å². The van der Waals surface area contributed by atoms with Crippen molar-refractivity contribution in [1.82, 2.24) is 0 Å². The molecule has 2 aliphatic carbocycles. The van der Waals surface area contributed by atoms with Gasteiger partial charge >= 0.3 is 5.97 Å². The van der Waals surface area contributed by atoms with Crippen LogP contribution in [0, 0.1) is 23.7 Å². The maximum Gasteiger partial charge on any atom is 0.308 e. The number of aliphatic hydroxyl groups excluding tert-OH is 2. The van der Waals surface area contributed by atoms with E-state index in [1.807, 2.05) is 0 Å². The molecule has 130 valence electrons. The monoisotopic (exact) mass is 322 g/mol. The molecule has 0 amide bonds. The fraction of sp³-hybridized carbons (Fsp3) is 0.842. The average Bonchev–Trinajstić information content (AvgIpc) is 2.47. The SMILES string of the molecule is CC1CCC2C(=CC(O)C(C)C2CCC2CC(O)CC(=O)O2)C1. The summed E-state index contributed by atoms with van der Waals surface area (Å²) < 4.78 is 5.39. The number of allylic oxidation sites excluding steroid dienone is 1. The van der Waals surface area contributed by atoms with Crippen molar-refractivity contribution in [3.63, 3.8) is 0 Å². The Morgan fingerprint density at radius 1 is 1.17 bits per heavy atom. The Morgan fingerprint density at radius 2 is 1.96 bits per heavy atom. The van der Waals surface area contributed by atoms with Gasteiger partial charge in [0, 0.05) is 6.42 Å². The van der Waals surface area contributed by atoms with E-state index < -0.39 is 6.10 Å². The first-order chi connectivity index (χ1) is 10.9. The zero-order chi connectivity index (χ0) is 16.6. The van der Waals surface area contributed by atoms with Crippen LogP contribution in [0.1, 0.15) is 58.8 Å². The molecule has 0 radical (unpaired) electrons. The number of hydrogen-bond donors (Lipinski definition) is 2. The molecular formula is C19H30O4. The Bertz CT molecular complexity index is 472.